The zero-order valence-corrected chi connectivity index (χ0v) is 24.7. The molecule has 1 aliphatic rings. The number of nitrogens with zero attached hydrogens (tertiary/aromatic N) is 4. The SMILES string of the molecule is CCN(NC(=O)[C@H]1C[C@](O)(CC)CN1)C(=O)c1ccc(NC(=O)c2ncc(-c3ccc(OCC#N)c(F)c3F)n2C)cc1C. The van der Waals surface area contributed by atoms with Crippen LogP contribution in [0.1, 0.15) is 53.2 Å². The first-order valence-electron chi connectivity index (χ1n) is 13.9. The van der Waals surface area contributed by atoms with Gasteiger partial charge in [0.05, 0.1) is 23.5 Å². The number of carbonyl (C=O) groups excluding carboxylic acids is 3. The first-order chi connectivity index (χ1) is 20.9. The molecular formula is C30H33F2N7O5. The van der Waals surface area contributed by atoms with E-state index in [1.807, 2.05) is 6.92 Å². The van der Waals surface area contributed by atoms with Gasteiger partial charge >= 0.3 is 0 Å². The molecule has 1 aliphatic heterocycles. The Bertz CT molecular complexity index is 1640. The van der Waals surface area contributed by atoms with Crippen molar-refractivity contribution in [1.82, 2.24) is 25.3 Å². The number of rotatable bonds is 9. The maximum atomic E-state index is 14.8. The van der Waals surface area contributed by atoms with E-state index in [4.69, 9.17) is 10.00 Å². The van der Waals surface area contributed by atoms with Crippen molar-refractivity contribution in [1.29, 1.82) is 5.26 Å². The Morgan fingerprint density at radius 3 is 2.64 bits per heavy atom. The van der Waals surface area contributed by atoms with Crippen LogP contribution < -0.4 is 20.8 Å². The van der Waals surface area contributed by atoms with Gasteiger partial charge in [0.2, 0.25) is 5.82 Å². The average molecular weight is 610 g/mol. The van der Waals surface area contributed by atoms with Gasteiger partial charge in [0, 0.05) is 43.4 Å². The van der Waals surface area contributed by atoms with Crippen molar-refractivity contribution >= 4 is 23.4 Å². The Morgan fingerprint density at radius 1 is 1.25 bits per heavy atom. The number of ether oxygens (including phenoxy) is 1. The molecule has 3 aromatic rings. The third-order valence-electron chi connectivity index (χ3n) is 7.56. The maximum absolute atomic E-state index is 14.8. The van der Waals surface area contributed by atoms with Gasteiger partial charge in [0.25, 0.3) is 17.7 Å². The summed E-state index contributed by atoms with van der Waals surface area (Å²) in [5.41, 5.74) is 2.81. The summed E-state index contributed by atoms with van der Waals surface area (Å²) in [7, 11) is 1.47. The number of amides is 3. The summed E-state index contributed by atoms with van der Waals surface area (Å²) < 4.78 is 35.4. The quantitative estimate of drug-likeness (QED) is 0.269. The molecule has 44 heavy (non-hydrogen) atoms. The lowest BCUT2D eigenvalue weighted by Crippen LogP contribution is -2.51. The summed E-state index contributed by atoms with van der Waals surface area (Å²) in [6.07, 6.45) is 1.96. The number of aromatic nitrogens is 2. The summed E-state index contributed by atoms with van der Waals surface area (Å²) in [6, 6.07) is 8.12. The highest BCUT2D eigenvalue weighted by molar-refractivity contribution is 6.03. The Morgan fingerprint density at radius 2 is 2.00 bits per heavy atom. The second kappa shape index (κ2) is 13.2. The van der Waals surface area contributed by atoms with E-state index in [9.17, 15) is 28.3 Å². The molecule has 0 bridgehead atoms. The monoisotopic (exact) mass is 609 g/mol. The van der Waals surface area contributed by atoms with E-state index < -0.39 is 53.4 Å². The number of hydrogen-bond acceptors (Lipinski definition) is 8. The van der Waals surface area contributed by atoms with Crippen molar-refractivity contribution in [3.63, 3.8) is 0 Å². The lowest BCUT2D eigenvalue weighted by atomic mass is 9.97. The molecule has 0 saturated carbocycles. The smallest absolute Gasteiger partial charge is 0.291 e. The van der Waals surface area contributed by atoms with E-state index in [2.05, 4.69) is 21.0 Å². The van der Waals surface area contributed by atoms with Crippen LogP contribution >= 0.6 is 0 Å². The third kappa shape index (κ3) is 6.53. The van der Waals surface area contributed by atoms with E-state index >= 15 is 0 Å². The summed E-state index contributed by atoms with van der Waals surface area (Å²) in [4.78, 5) is 43.1. The first kappa shape index (κ1) is 32.1. The largest absolute Gasteiger partial charge is 0.476 e. The summed E-state index contributed by atoms with van der Waals surface area (Å²) >= 11 is 0. The minimum Gasteiger partial charge on any atom is -0.476 e. The van der Waals surface area contributed by atoms with Crippen LogP contribution in [0.4, 0.5) is 14.5 Å². The zero-order chi connectivity index (χ0) is 32.2. The highest BCUT2D eigenvalue weighted by Gasteiger charge is 2.39. The van der Waals surface area contributed by atoms with Crippen LogP contribution in [-0.2, 0) is 11.8 Å². The molecule has 0 aliphatic carbocycles. The predicted octanol–water partition coefficient (Wildman–Crippen LogP) is 2.82. The van der Waals surface area contributed by atoms with Crippen molar-refractivity contribution in [3.8, 4) is 23.1 Å². The van der Waals surface area contributed by atoms with E-state index in [1.54, 1.807) is 26.0 Å². The van der Waals surface area contributed by atoms with Gasteiger partial charge in [-0.3, -0.25) is 24.8 Å². The van der Waals surface area contributed by atoms with E-state index in [1.165, 1.54) is 47.1 Å². The molecule has 1 aromatic heterocycles. The number of nitriles is 1. The molecule has 3 amide bonds. The normalized spacial score (nSPS) is 17.5. The van der Waals surface area contributed by atoms with Crippen molar-refractivity contribution in [2.24, 2.45) is 7.05 Å². The van der Waals surface area contributed by atoms with Gasteiger partial charge in [-0.05, 0) is 56.2 Å². The minimum atomic E-state index is -1.27. The molecule has 0 spiro atoms. The third-order valence-corrected chi connectivity index (χ3v) is 7.56. The molecule has 2 atom stereocenters. The van der Waals surface area contributed by atoms with Crippen molar-refractivity contribution in [2.75, 3.05) is 25.0 Å². The van der Waals surface area contributed by atoms with Crippen LogP contribution in [0.25, 0.3) is 11.3 Å². The lowest BCUT2D eigenvalue weighted by molar-refractivity contribution is -0.127. The molecular weight excluding hydrogens is 576 g/mol. The Labute approximate surface area is 252 Å². The minimum absolute atomic E-state index is 0.0854. The number of nitrogens with one attached hydrogen (secondary N) is 3. The maximum Gasteiger partial charge on any atom is 0.291 e. The van der Waals surface area contributed by atoms with Crippen LogP contribution in [0.3, 0.4) is 0 Å². The molecule has 4 N–H and O–H groups in total. The number of benzene rings is 2. The average Bonchev–Trinajstić information content (AvgIpc) is 3.59. The van der Waals surface area contributed by atoms with E-state index in [-0.39, 0.29) is 36.6 Å². The zero-order valence-electron chi connectivity index (χ0n) is 24.7. The van der Waals surface area contributed by atoms with E-state index in [0.29, 0.717) is 23.2 Å². The number of hydrazine groups is 1. The number of imidazole rings is 1. The molecule has 2 heterocycles. The molecule has 1 saturated heterocycles. The first-order valence-corrected chi connectivity index (χ1v) is 13.9. The Balaban J connectivity index is 1.45. The number of β-amino-alcohol motifs (C(OH)–C–C–N with tert-alkyl or cyclic N) is 1. The second-order valence-corrected chi connectivity index (χ2v) is 10.4. The van der Waals surface area contributed by atoms with Gasteiger partial charge in [-0.1, -0.05) is 6.92 Å². The highest BCUT2D eigenvalue weighted by atomic mass is 19.2. The van der Waals surface area contributed by atoms with Crippen LogP contribution in [0.5, 0.6) is 5.75 Å². The van der Waals surface area contributed by atoms with Crippen molar-refractivity contribution in [3.05, 3.63) is 65.1 Å². The number of halogens is 2. The number of carbonyl (C=O) groups is 3. The Hall–Kier alpha value is -4.87. The van der Waals surface area contributed by atoms with Gasteiger partial charge in [-0.25, -0.2) is 9.37 Å². The molecule has 0 radical (unpaired) electrons. The molecule has 1 fully saturated rings. The predicted molar refractivity (Wildman–Crippen MR) is 155 cm³/mol. The molecule has 2 aromatic carbocycles. The van der Waals surface area contributed by atoms with E-state index in [0.717, 1.165) is 0 Å². The van der Waals surface area contributed by atoms with Crippen LogP contribution in [-0.4, -0.2) is 68.7 Å². The van der Waals surface area contributed by atoms with Gasteiger partial charge in [0.1, 0.15) is 6.07 Å². The summed E-state index contributed by atoms with van der Waals surface area (Å²) in [6.45, 7) is 5.26. The standard InChI is InChI=1S/C30H33F2N7O5/c1-5-30(43)14-21(35-16-30)27(40)37-39(6-2)29(42)19-8-7-18(13-17(19)3)36-28(41)26-34-15-22(38(26)4)20-9-10-23(44-12-11-33)25(32)24(20)31/h7-10,13,15,21,35,43H,5-6,12,14,16H2,1-4H3,(H,36,41)(H,37,40)/t21-,30-/m1/s1. The number of aliphatic hydroxyl groups is 1. The molecule has 0 unspecified atom stereocenters. The van der Waals surface area contributed by atoms with Gasteiger partial charge in [-0.15, -0.1) is 0 Å². The van der Waals surface area contributed by atoms with Gasteiger partial charge in [0.15, 0.2) is 24.0 Å². The lowest BCUT2D eigenvalue weighted by Gasteiger charge is -2.25. The summed E-state index contributed by atoms with van der Waals surface area (Å²) in [5, 5.41) is 25.9. The van der Waals surface area contributed by atoms with Gasteiger partial charge < -0.3 is 25.0 Å². The number of aryl methyl sites for hydroxylation is 1. The molecule has 232 valence electrons. The van der Waals surface area contributed by atoms with Crippen molar-refractivity contribution < 1.29 is 33.0 Å². The fourth-order valence-electron chi connectivity index (χ4n) is 4.91. The van der Waals surface area contributed by atoms with Crippen LogP contribution in [0, 0.1) is 29.9 Å². The van der Waals surface area contributed by atoms with Gasteiger partial charge in [-0.2, -0.15) is 9.65 Å². The molecule has 14 heteroatoms. The summed E-state index contributed by atoms with van der Waals surface area (Å²) in [5.74, 6) is -4.49. The van der Waals surface area contributed by atoms with Crippen LogP contribution in [0.15, 0.2) is 36.5 Å². The molecule has 12 nitrogen and oxygen atoms in total. The Kier molecular flexibility index (Phi) is 9.61. The topological polar surface area (TPSA) is 162 Å². The fraction of sp³-hybridized carbons (Fsp3) is 0.367. The highest BCUT2D eigenvalue weighted by Crippen LogP contribution is 2.30. The molecule has 4 rings (SSSR count). The second-order valence-electron chi connectivity index (χ2n) is 10.4. The fourth-order valence-corrected chi connectivity index (χ4v) is 4.91. The number of anilines is 1. The van der Waals surface area contributed by atoms with Crippen molar-refractivity contribution in [2.45, 2.75) is 45.3 Å². The number of hydrogen-bond donors (Lipinski definition) is 4. The van der Waals surface area contributed by atoms with Crippen LogP contribution in [0.2, 0.25) is 0 Å².